The van der Waals surface area contributed by atoms with Crippen LogP contribution in [0.25, 0.3) is 0 Å². The van der Waals surface area contributed by atoms with Crippen molar-refractivity contribution in [2.75, 3.05) is 6.26 Å². The second kappa shape index (κ2) is 7.04. The molecule has 2 fully saturated rings. The molecular formula is C15H29NS. The minimum atomic E-state index is 0.807. The molecule has 2 atom stereocenters. The van der Waals surface area contributed by atoms with E-state index in [1.54, 1.807) is 0 Å². The smallest absolute Gasteiger partial charge is 0.0198 e. The molecule has 0 aromatic heterocycles. The molecule has 2 heteroatoms. The maximum atomic E-state index is 3.98. The highest BCUT2D eigenvalue weighted by Crippen LogP contribution is 2.31. The largest absolute Gasteiger partial charge is 0.310 e. The SMILES string of the molecule is CCC1CCC(NC2CCCCC2SC)CC1. The van der Waals surface area contributed by atoms with Gasteiger partial charge < -0.3 is 5.32 Å². The zero-order valence-electron chi connectivity index (χ0n) is 11.6. The van der Waals surface area contributed by atoms with Crippen LogP contribution in [0.15, 0.2) is 0 Å². The Morgan fingerprint density at radius 1 is 1.00 bits per heavy atom. The molecule has 2 rings (SSSR count). The van der Waals surface area contributed by atoms with Crippen molar-refractivity contribution >= 4 is 11.8 Å². The number of rotatable bonds is 4. The predicted octanol–water partition coefficient (Wildman–Crippen LogP) is 4.22. The molecule has 0 aliphatic heterocycles. The Bertz CT molecular complexity index is 211. The van der Waals surface area contributed by atoms with Gasteiger partial charge in [0.2, 0.25) is 0 Å². The summed E-state index contributed by atoms with van der Waals surface area (Å²) in [6.45, 7) is 2.35. The predicted molar refractivity (Wildman–Crippen MR) is 78.7 cm³/mol. The minimum Gasteiger partial charge on any atom is -0.310 e. The van der Waals surface area contributed by atoms with Gasteiger partial charge in [0.1, 0.15) is 0 Å². The highest BCUT2D eigenvalue weighted by atomic mass is 32.2. The fraction of sp³-hybridized carbons (Fsp3) is 1.00. The van der Waals surface area contributed by atoms with E-state index in [1.807, 2.05) is 0 Å². The average Bonchev–Trinajstić information content (AvgIpc) is 2.40. The Morgan fingerprint density at radius 2 is 1.71 bits per heavy atom. The van der Waals surface area contributed by atoms with Crippen LogP contribution in [0.2, 0.25) is 0 Å². The number of hydrogen-bond acceptors (Lipinski definition) is 2. The normalized spacial score (nSPS) is 39.2. The van der Waals surface area contributed by atoms with Gasteiger partial charge in [-0.3, -0.25) is 0 Å². The Morgan fingerprint density at radius 3 is 2.35 bits per heavy atom. The summed E-state index contributed by atoms with van der Waals surface area (Å²) in [4.78, 5) is 0. The monoisotopic (exact) mass is 255 g/mol. The minimum absolute atomic E-state index is 0.807. The van der Waals surface area contributed by atoms with Gasteiger partial charge >= 0.3 is 0 Å². The molecule has 0 spiro atoms. The van der Waals surface area contributed by atoms with Crippen molar-refractivity contribution in [1.82, 2.24) is 5.32 Å². The van der Waals surface area contributed by atoms with E-state index in [9.17, 15) is 0 Å². The van der Waals surface area contributed by atoms with Gasteiger partial charge in [-0.1, -0.05) is 26.2 Å². The number of hydrogen-bond donors (Lipinski definition) is 1. The first-order valence-electron chi connectivity index (χ1n) is 7.62. The highest BCUT2D eigenvalue weighted by Gasteiger charge is 2.28. The first-order valence-corrected chi connectivity index (χ1v) is 8.91. The van der Waals surface area contributed by atoms with E-state index in [2.05, 4.69) is 30.3 Å². The Balaban J connectivity index is 1.76. The van der Waals surface area contributed by atoms with Crippen LogP contribution < -0.4 is 5.32 Å². The summed E-state index contributed by atoms with van der Waals surface area (Å²) in [5.74, 6) is 1.02. The molecular weight excluding hydrogens is 226 g/mol. The number of thioether (sulfide) groups is 1. The van der Waals surface area contributed by atoms with Crippen LogP contribution in [0.1, 0.15) is 64.7 Å². The van der Waals surface area contributed by atoms with Crippen molar-refractivity contribution in [3.63, 3.8) is 0 Å². The summed E-state index contributed by atoms with van der Waals surface area (Å²) < 4.78 is 0. The van der Waals surface area contributed by atoms with Gasteiger partial charge in [0.05, 0.1) is 0 Å². The van der Waals surface area contributed by atoms with E-state index in [0.717, 1.165) is 23.3 Å². The van der Waals surface area contributed by atoms with E-state index in [0.29, 0.717) is 0 Å². The number of nitrogens with one attached hydrogen (secondary N) is 1. The van der Waals surface area contributed by atoms with Crippen molar-refractivity contribution in [3.8, 4) is 0 Å². The third-order valence-corrected chi connectivity index (χ3v) is 6.05. The van der Waals surface area contributed by atoms with E-state index < -0.39 is 0 Å². The summed E-state index contributed by atoms with van der Waals surface area (Å²) in [5.41, 5.74) is 0. The Hall–Kier alpha value is 0.310. The molecule has 0 aromatic carbocycles. The molecule has 2 unspecified atom stereocenters. The molecule has 100 valence electrons. The molecule has 1 nitrogen and oxygen atoms in total. The van der Waals surface area contributed by atoms with Crippen molar-refractivity contribution in [2.45, 2.75) is 82.0 Å². The van der Waals surface area contributed by atoms with E-state index >= 15 is 0 Å². The van der Waals surface area contributed by atoms with Crippen molar-refractivity contribution in [1.29, 1.82) is 0 Å². The van der Waals surface area contributed by atoms with Crippen molar-refractivity contribution in [2.24, 2.45) is 5.92 Å². The highest BCUT2D eigenvalue weighted by molar-refractivity contribution is 7.99. The van der Waals surface area contributed by atoms with Gasteiger partial charge in [-0.05, 0) is 50.7 Å². The second-order valence-corrected chi connectivity index (χ2v) is 7.03. The van der Waals surface area contributed by atoms with Crippen LogP contribution in [-0.4, -0.2) is 23.6 Å². The molecule has 1 N–H and O–H groups in total. The molecule has 0 radical (unpaired) electrons. The molecule has 17 heavy (non-hydrogen) atoms. The van der Waals surface area contributed by atoms with Crippen LogP contribution in [0, 0.1) is 5.92 Å². The van der Waals surface area contributed by atoms with Crippen LogP contribution in [0.4, 0.5) is 0 Å². The molecule has 2 aliphatic carbocycles. The topological polar surface area (TPSA) is 12.0 Å². The summed E-state index contributed by atoms with van der Waals surface area (Å²) in [7, 11) is 0. The first-order chi connectivity index (χ1) is 8.33. The second-order valence-electron chi connectivity index (χ2n) is 5.96. The molecule has 0 heterocycles. The Kier molecular flexibility index (Phi) is 5.68. The van der Waals surface area contributed by atoms with Crippen LogP contribution in [0.5, 0.6) is 0 Å². The van der Waals surface area contributed by atoms with E-state index in [-0.39, 0.29) is 0 Å². The lowest BCUT2D eigenvalue weighted by atomic mass is 9.83. The fourth-order valence-corrected chi connectivity index (χ4v) is 4.56. The molecule has 0 bridgehead atoms. The van der Waals surface area contributed by atoms with Gasteiger partial charge in [0.25, 0.3) is 0 Å². The van der Waals surface area contributed by atoms with Crippen LogP contribution in [0.3, 0.4) is 0 Å². The molecule has 2 saturated carbocycles. The lowest BCUT2D eigenvalue weighted by Crippen LogP contribution is -2.47. The molecule has 0 amide bonds. The quantitative estimate of drug-likeness (QED) is 0.807. The summed E-state index contributed by atoms with van der Waals surface area (Å²) in [6.07, 6.45) is 15.2. The maximum absolute atomic E-state index is 3.98. The van der Waals surface area contributed by atoms with Gasteiger partial charge in [-0.25, -0.2) is 0 Å². The average molecular weight is 255 g/mol. The first kappa shape index (κ1) is 13.7. The zero-order chi connectivity index (χ0) is 12.1. The third kappa shape index (κ3) is 3.89. The van der Waals surface area contributed by atoms with E-state index in [4.69, 9.17) is 0 Å². The molecule has 2 aliphatic rings. The van der Waals surface area contributed by atoms with Gasteiger partial charge in [-0.15, -0.1) is 0 Å². The lowest BCUT2D eigenvalue weighted by Gasteiger charge is -2.37. The fourth-order valence-electron chi connectivity index (χ4n) is 3.61. The molecule has 0 aromatic rings. The summed E-state index contributed by atoms with van der Waals surface area (Å²) in [5, 5.41) is 4.86. The van der Waals surface area contributed by atoms with Gasteiger partial charge in [0, 0.05) is 17.3 Å². The van der Waals surface area contributed by atoms with Crippen molar-refractivity contribution < 1.29 is 0 Å². The van der Waals surface area contributed by atoms with Gasteiger partial charge in [0.15, 0.2) is 0 Å². The molecule has 0 saturated heterocycles. The maximum Gasteiger partial charge on any atom is 0.0198 e. The Labute approximate surface area is 112 Å². The van der Waals surface area contributed by atoms with Crippen LogP contribution in [-0.2, 0) is 0 Å². The van der Waals surface area contributed by atoms with Gasteiger partial charge in [-0.2, -0.15) is 11.8 Å². The third-order valence-electron chi connectivity index (χ3n) is 4.88. The van der Waals surface area contributed by atoms with Crippen LogP contribution >= 0.6 is 11.8 Å². The summed E-state index contributed by atoms with van der Waals surface area (Å²) >= 11 is 2.08. The lowest BCUT2D eigenvalue weighted by molar-refractivity contribution is 0.251. The van der Waals surface area contributed by atoms with E-state index in [1.165, 1.54) is 57.8 Å². The summed E-state index contributed by atoms with van der Waals surface area (Å²) in [6, 6.07) is 1.64. The van der Waals surface area contributed by atoms with Crippen molar-refractivity contribution in [3.05, 3.63) is 0 Å². The zero-order valence-corrected chi connectivity index (χ0v) is 12.4. The standard InChI is InChI=1S/C15H29NS/c1-3-12-8-10-13(11-9-12)16-14-6-4-5-7-15(14)17-2/h12-16H,3-11H2,1-2H3.